The van der Waals surface area contributed by atoms with Crippen LogP contribution in [0.15, 0.2) is 4.99 Å². The van der Waals surface area contributed by atoms with Crippen molar-refractivity contribution in [2.24, 2.45) is 4.99 Å². The van der Waals surface area contributed by atoms with Crippen molar-refractivity contribution in [3.8, 4) is 0 Å². The number of imide groups is 1. The first-order valence-corrected chi connectivity index (χ1v) is 7.96. The maximum Gasteiger partial charge on any atom is 0.333 e. The molecule has 24 heavy (non-hydrogen) atoms. The van der Waals surface area contributed by atoms with Gasteiger partial charge < -0.3 is 4.74 Å². The van der Waals surface area contributed by atoms with Crippen LogP contribution in [0.5, 0.6) is 0 Å². The lowest BCUT2D eigenvalue weighted by atomic mass is 10.1. The second kappa shape index (κ2) is 6.40. The maximum atomic E-state index is 12.6. The van der Waals surface area contributed by atoms with Gasteiger partial charge >= 0.3 is 11.9 Å². The van der Waals surface area contributed by atoms with Gasteiger partial charge in [-0.25, -0.2) is 9.37 Å². The third-order valence-electron chi connectivity index (χ3n) is 4.48. The number of carbonyl (C=O) groups excluding carboxylic acids is 3. The first-order chi connectivity index (χ1) is 11.4. The van der Waals surface area contributed by atoms with Gasteiger partial charge in [-0.3, -0.25) is 24.3 Å². The number of morpholine rings is 1. The average Bonchev–Trinajstić information content (AvgIpc) is 2.90. The highest BCUT2D eigenvalue weighted by molar-refractivity contribution is 6.23. The number of likely N-dealkylation sites (N-methyl/N-ethyl adjacent to an activating group) is 2. The predicted molar refractivity (Wildman–Crippen MR) is 85.2 cm³/mol. The molecule has 3 amide bonds. The fourth-order valence-corrected chi connectivity index (χ4v) is 3.16. The van der Waals surface area contributed by atoms with E-state index < -0.39 is 12.1 Å². The molecule has 1 atom stereocenters. The van der Waals surface area contributed by atoms with Crippen LogP contribution >= 0.6 is 0 Å². The highest BCUT2D eigenvalue weighted by atomic mass is 16.5. The first kappa shape index (κ1) is 16.7. The van der Waals surface area contributed by atoms with E-state index in [-0.39, 0.29) is 18.2 Å². The van der Waals surface area contributed by atoms with Gasteiger partial charge in [0.15, 0.2) is 5.78 Å². The molecule has 0 aromatic heterocycles. The number of fused-ring (bicyclic) bond motifs is 1. The van der Waals surface area contributed by atoms with Gasteiger partial charge in [-0.05, 0) is 11.9 Å². The summed E-state index contributed by atoms with van der Waals surface area (Å²) in [6.07, 6.45) is 0. The van der Waals surface area contributed by atoms with E-state index in [4.69, 9.17) is 4.74 Å². The van der Waals surface area contributed by atoms with E-state index in [1.807, 2.05) is 0 Å². The molecular formula is C15H22N5O4+. The smallest absolute Gasteiger partial charge is 0.333 e. The molecule has 9 nitrogen and oxygen atoms in total. The summed E-state index contributed by atoms with van der Waals surface area (Å²) in [7, 11) is 3.05. The van der Waals surface area contributed by atoms with Crippen LogP contribution in [0.4, 0.5) is 4.79 Å². The Morgan fingerprint density at radius 1 is 1.25 bits per heavy atom. The Hall–Kier alpha value is -2.13. The summed E-state index contributed by atoms with van der Waals surface area (Å²) in [5.41, 5.74) is 0. The van der Waals surface area contributed by atoms with Crippen LogP contribution in [0.3, 0.4) is 0 Å². The normalized spacial score (nSPS) is 25.3. The second-order valence-electron chi connectivity index (χ2n) is 6.25. The van der Waals surface area contributed by atoms with Crippen LogP contribution < -0.4 is 0 Å². The summed E-state index contributed by atoms with van der Waals surface area (Å²) < 4.78 is 7.06. The molecule has 0 aromatic rings. The number of rotatable bonds is 4. The minimum atomic E-state index is -0.711. The lowest BCUT2D eigenvalue weighted by molar-refractivity contribution is -0.524. The molecule has 130 valence electrons. The van der Waals surface area contributed by atoms with Crippen molar-refractivity contribution in [3.05, 3.63) is 0 Å². The second-order valence-corrected chi connectivity index (χ2v) is 6.25. The van der Waals surface area contributed by atoms with Crippen molar-refractivity contribution >= 4 is 29.4 Å². The van der Waals surface area contributed by atoms with Crippen LogP contribution in [0.25, 0.3) is 0 Å². The van der Waals surface area contributed by atoms with E-state index >= 15 is 0 Å². The van der Waals surface area contributed by atoms with Crippen molar-refractivity contribution < 1.29 is 23.7 Å². The van der Waals surface area contributed by atoms with E-state index in [1.54, 1.807) is 11.6 Å². The molecule has 0 aliphatic carbocycles. The number of hydrogen-bond acceptors (Lipinski definition) is 6. The Balaban J connectivity index is 1.94. The molecule has 2 saturated heterocycles. The van der Waals surface area contributed by atoms with Crippen LogP contribution in [-0.2, 0) is 14.3 Å². The summed E-state index contributed by atoms with van der Waals surface area (Å²) in [5.74, 6) is 0.638. The highest BCUT2D eigenvalue weighted by Crippen LogP contribution is 2.19. The molecule has 3 aliphatic heterocycles. The Bertz CT molecular complexity index is 650. The molecule has 0 aromatic carbocycles. The monoisotopic (exact) mass is 336 g/mol. The first-order valence-electron chi connectivity index (χ1n) is 7.96. The molecule has 3 aliphatic rings. The number of Topliss-reactive ketones (excluding diaryl/α,β-unsaturated/α-hetero) is 1. The number of aliphatic imine (C=N–C) groups is 1. The molecule has 3 heterocycles. The summed E-state index contributed by atoms with van der Waals surface area (Å²) in [5, 5.41) is 0. The number of amides is 3. The standard InChI is InChI=1S/C15H22N5O4/c1-10(21)8-20-11(9-19-4-6-24-7-5-19)16-13-12(20)14(22)18(3)15(23)17(13)2/h12H,4-9H2,1-3H3/q+1. The van der Waals surface area contributed by atoms with Gasteiger partial charge in [0.2, 0.25) is 0 Å². The van der Waals surface area contributed by atoms with Crippen LogP contribution in [-0.4, -0.2) is 108 Å². The van der Waals surface area contributed by atoms with E-state index in [0.29, 0.717) is 31.4 Å². The zero-order chi connectivity index (χ0) is 17.4. The molecular weight excluding hydrogens is 314 g/mol. The molecule has 0 spiro atoms. The quantitative estimate of drug-likeness (QED) is 0.591. The van der Waals surface area contributed by atoms with Crippen molar-refractivity contribution in [2.45, 2.75) is 13.0 Å². The number of hydrogen-bond donors (Lipinski definition) is 0. The fourth-order valence-electron chi connectivity index (χ4n) is 3.16. The number of amidine groups is 2. The van der Waals surface area contributed by atoms with Crippen LogP contribution in [0.2, 0.25) is 0 Å². The molecule has 0 saturated carbocycles. The highest BCUT2D eigenvalue weighted by Gasteiger charge is 2.53. The van der Waals surface area contributed by atoms with Gasteiger partial charge in [-0.1, -0.05) is 0 Å². The van der Waals surface area contributed by atoms with E-state index in [9.17, 15) is 14.4 Å². The number of carbonyl (C=O) groups is 3. The number of urea groups is 1. The van der Waals surface area contributed by atoms with E-state index in [2.05, 4.69) is 9.89 Å². The molecule has 0 bridgehead atoms. The van der Waals surface area contributed by atoms with Crippen LogP contribution in [0.1, 0.15) is 6.92 Å². The van der Waals surface area contributed by atoms with Gasteiger partial charge in [-0.2, -0.15) is 0 Å². The Morgan fingerprint density at radius 2 is 1.92 bits per heavy atom. The number of nitrogens with zero attached hydrogens (tertiary/aromatic N) is 5. The lowest BCUT2D eigenvalue weighted by Gasteiger charge is -2.30. The van der Waals surface area contributed by atoms with E-state index in [0.717, 1.165) is 18.0 Å². The summed E-state index contributed by atoms with van der Waals surface area (Å²) >= 11 is 0. The zero-order valence-electron chi connectivity index (χ0n) is 14.2. The Labute approximate surface area is 140 Å². The predicted octanol–water partition coefficient (Wildman–Crippen LogP) is -1.38. The largest absolute Gasteiger partial charge is 0.379 e. The average molecular weight is 336 g/mol. The molecule has 0 N–H and O–H groups in total. The fraction of sp³-hybridized carbons (Fsp3) is 0.667. The third-order valence-corrected chi connectivity index (χ3v) is 4.48. The van der Waals surface area contributed by atoms with Crippen molar-refractivity contribution in [1.29, 1.82) is 0 Å². The SMILES string of the molecule is CC(=O)C[N+]1=C(CN2CCOCC2)N=C2C1C(=O)N(C)C(=O)N2C. The van der Waals surface area contributed by atoms with Gasteiger partial charge in [0.05, 0.1) is 13.2 Å². The maximum absolute atomic E-state index is 12.6. The van der Waals surface area contributed by atoms with E-state index in [1.165, 1.54) is 18.9 Å². The molecule has 3 rings (SSSR count). The van der Waals surface area contributed by atoms with Gasteiger partial charge in [0, 0.05) is 27.2 Å². The zero-order valence-corrected chi connectivity index (χ0v) is 14.2. The summed E-state index contributed by atoms with van der Waals surface area (Å²) in [4.78, 5) is 45.6. The molecule has 2 fully saturated rings. The molecule has 1 unspecified atom stereocenters. The third kappa shape index (κ3) is 2.84. The summed E-state index contributed by atoms with van der Waals surface area (Å²) in [6, 6.07) is -1.12. The summed E-state index contributed by atoms with van der Waals surface area (Å²) in [6.45, 7) is 4.95. The topological polar surface area (TPSA) is 85.5 Å². The van der Waals surface area contributed by atoms with Gasteiger partial charge in [-0.15, -0.1) is 0 Å². The molecule has 0 radical (unpaired) electrons. The number of ether oxygens (including phenoxy) is 1. The minimum Gasteiger partial charge on any atom is -0.379 e. The minimum absolute atomic E-state index is 0.0547. The van der Waals surface area contributed by atoms with Crippen LogP contribution in [0, 0.1) is 0 Å². The van der Waals surface area contributed by atoms with Crippen molar-refractivity contribution in [2.75, 3.05) is 53.5 Å². The van der Waals surface area contributed by atoms with Gasteiger partial charge in [0.25, 0.3) is 17.8 Å². The number of ketones is 1. The Morgan fingerprint density at radius 3 is 2.54 bits per heavy atom. The van der Waals surface area contributed by atoms with Gasteiger partial charge in [0.1, 0.15) is 13.1 Å². The Kier molecular flexibility index (Phi) is 4.46. The molecule has 9 heteroatoms. The van der Waals surface area contributed by atoms with Crippen molar-refractivity contribution in [1.82, 2.24) is 14.7 Å². The lowest BCUT2D eigenvalue weighted by Crippen LogP contribution is -2.61. The van der Waals surface area contributed by atoms with Crippen molar-refractivity contribution in [3.63, 3.8) is 0 Å².